The number of esters is 1. The molecule has 2 rings (SSSR count). The highest BCUT2D eigenvalue weighted by atomic mass is 35.5. The van der Waals surface area contributed by atoms with Gasteiger partial charge in [-0.25, -0.2) is 9.78 Å². The van der Waals surface area contributed by atoms with Gasteiger partial charge in [-0.2, -0.15) is 13.2 Å². The van der Waals surface area contributed by atoms with Crippen molar-refractivity contribution >= 4 is 17.6 Å². The zero-order chi connectivity index (χ0) is 17.0. The number of hydrogen-bond donors (Lipinski definition) is 0. The molecule has 0 unspecified atom stereocenters. The topological polar surface area (TPSA) is 48.4 Å². The van der Waals surface area contributed by atoms with Crippen LogP contribution in [0.25, 0.3) is 0 Å². The molecule has 4 nitrogen and oxygen atoms in total. The molecule has 0 amide bonds. The molecule has 8 heteroatoms. The fourth-order valence-electron chi connectivity index (χ4n) is 1.59. The highest BCUT2D eigenvalue weighted by Crippen LogP contribution is 2.24. The molecule has 0 bridgehead atoms. The number of alkyl halides is 3. The highest BCUT2D eigenvalue weighted by Gasteiger charge is 2.40. The van der Waals surface area contributed by atoms with Crippen LogP contribution in [0.2, 0.25) is 5.15 Å². The van der Waals surface area contributed by atoms with Gasteiger partial charge in [-0.3, -0.25) is 0 Å². The quantitative estimate of drug-likeness (QED) is 0.607. The molecule has 0 N–H and O–H groups in total. The third-order valence-electron chi connectivity index (χ3n) is 2.73. The minimum Gasteiger partial charge on any atom is -0.454 e. The van der Waals surface area contributed by atoms with Crippen molar-refractivity contribution in [2.45, 2.75) is 19.7 Å². The van der Waals surface area contributed by atoms with Crippen LogP contribution in [0.1, 0.15) is 11.1 Å². The van der Waals surface area contributed by atoms with E-state index >= 15 is 0 Å². The second-order valence-corrected chi connectivity index (χ2v) is 4.94. The molecule has 0 spiro atoms. The van der Waals surface area contributed by atoms with E-state index in [9.17, 15) is 18.0 Å². The van der Waals surface area contributed by atoms with E-state index in [1.807, 2.05) is 0 Å². The van der Waals surface area contributed by atoms with E-state index in [0.717, 1.165) is 5.56 Å². The minimum atomic E-state index is -5.02. The van der Waals surface area contributed by atoms with Gasteiger partial charge in [0.25, 0.3) is 0 Å². The maximum absolute atomic E-state index is 12.1. The molecular weight excluding hydrogens is 335 g/mol. The molecule has 0 saturated heterocycles. The summed E-state index contributed by atoms with van der Waals surface area (Å²) in [5.74, 6) is -1.67. The molecule has 1 aromatic carbocycles. The van der Waals surface area contributed by atoms with E-state index in [2.05, 4.69) is 9.72 Å². The van der Waals surface area contributed by atoms with Gasteiger partial charge in [0.2, 0.25) is 5.88 Å². The molecule has 0 radical (unpaired) electrons. The summed E-state index contributed by atoms with van der Waals surface area (Å²) in [5, 5.41) is 0.290. The van der Waals surface area contributed by atoms with Crippen molar-refractivity contribution in [1.82, 2.24) is 4.98 Å². The first-order valence-electron chi connectivity index (χ1n) is 6.39. The summed E-state index contributed by atoms with van der Waals surface area (Å²) in [6.07, 6.45) is -5.02. The van der Waals surface area contributed by atoms with Crippen LogP contribution in [0.15, 0.2) is 36.4 Å². The van der Waals surface area contributed by atoms with Crippen molar-refractivity contribution in [2.75, 3.05) is 0 Å². The SMILES string of the molecule is Cc1ccc(Oc2cccc(COC(=O)C(F)(F)F)c2)nc1Cl. The normalized spacial score (nSPS) is 11.2. The minimum absolute atomic E-state index is 0.241. The van der Waals surface area contributed by atoms with Gasteiger partial charge >= 0.3 is 12.1 Å². The molecule has 0 aliphatic heterocycles. The Morgan fingerprint density at radius 1 is 1.26 bits per heavy atom. The van der Waals surface area contributed by atoms with E-state index < -0.39 is 18.8 Å². The number of hydrogen-bond acceptors (Lipinski definition) is 4. The van der Waals surface area contributed by atoms with Crippen molar-refractivity contribution in [3.8, 4) is 11.6 Å². The lowest BCUT2D eigenvalue weighted by atomic mass is 10.2. The van der Waals surface area contributed by atoms with Gasteiger partial charge in [0.15, 0.2) is 0 Å². The first-order chi connectivity index (χ1) is 10.8. The average molecular weight is 346 g/mol. The Kier molecular flexibility index (Phi) is 5.10. The Morgan fingerprint density at radius 3 is 2.65 bits per heavy atom. The van der Waals surface area contributed by atoms with E-state index in [0.29, 0.717) is 11.3 Å². The number of aryl methyl sites for hydroxylation is 1. The lowest BCUT2D eigenvalue weighted by Gasteiger charge is -2.09. The monoisotopic (exact) mass is 345 g/mol. The van der Waals surface area contributed by atoms with Crippen molar-refractivity contribution in [1.29, 1.82) is 0 Å². The summed E-state index contributed by atoms with van der Waals surface area (Å²) in [5.41, 5.74) is 1.13. The molecule has 122 valence electrons. The zero-order valence-corrected chi connectivity index (χ0v) is 12.6. The molecule has 1 heterocycles. The van der Waals surface area contributed by atoms with Crippen LogP contribution in [-0.4, -0.2) is 17.1 Å². The third-order valence-corrected chi connectivity index (χ3v) is 3.11. The Morgan fingerprint density at radius 2 is 2.00 bits per heavy atom. The standard InChI is InChI=1S/C15H11ClF3NO3/c1-9-5-6-12(20-13(9)16)23-11-4-2-3-10(7-11)8-22-14(21)15(17,18)19/h2-7H,8H2,1H3. The molecule has 0 saturated carbocycles. The molecule has 1 aromatic heterocycles. The number of rotatable bonds is 4. The summed E-state index contributed by atoms with van der Waals surface area (Å²) in [7, 11) is 0. The molecule has 0 atom stereocenters. The van der Waals surface area contributed by atoms with Crippen LogP contribution in [0, 0.1) is 6.92 Å². The molecule has 0 aliphatic carbocycles. The summed E-state index contributed by atoms with van der Waals surface area (Å²) in [4.78, 5) is 14.7. The fraction of sp³-hybridized carbons (Fsp3) is 0.200. The fourth-order valence-corrected chi connectivity index (χ4v) is 1.74. The molecule has 0 aliphatic rings. The number of ether oxygens (including phenoxy) is 2. The second-order valence-electron chi connectivity index (χ2n) is 4.58. The number of carbonyl (C=O) groups excluding carboxylic acids is 1. The number of pyridine rings is 1. The van der Waals surface area contributed by atoms with E-state index in [1.165, 1.54) is 12.1 Å². The largest absolute Gasteiger partial charge is 0.490 e. The molecule has 23 heavy (non-hydrogen) atoms. The van der Waals surface area contributed by atoms with Gasteiger partial charge in [-0.15, -0.1) is 0 Å². The van der Waals surface area contributed by atoms with Gasteiger partial charge in [0.1, 0.15) is 17.5 Å². The molecule has 2 aromatic rings. The maximum Gasteiger partial charge on any atom is 0.490 e. The van der Waals surface area contributed by atoms with Crippen LogP contribution in [0.4, 0.5) is 13.2 Å². The van der Waals surface area contributed by atoms with Crippen LogP contribution in [0.5, 0.6) is 11.6 Å². The third kappa shape index (κ3) is 4.85. The highest BCUT2D eigenvalue weighted by molar-refractivity contribution is 6.30. The summed E-state index contributed by atoms with van der Waals surface area (Å²) >= 11 is 5.88. The van der Waals surface area contributed by atoms with Gasteiger partial charge in [0.05, 0.1) is 0 Å². The second kappa shape index (κ2) is 6.87. The van der Waals surface area contributed by atoms with Crippen molar-refractivity contribution in [3.63, 3.8) is 0 Å². The van der Waals surface area contributed by atoms with Crippen LogP contribution >= 0.6 is 11.6 Å². The van der Waals surface area contributed by atoms with E-state index in [-0.39, 0.29) is 11.0 Å². The Labute approximate surface area is 134 Å². The first kappa shape index (κ1) is 17.1. The van der Waals surface area contributed by atoms with Gasteiger partial charge < -0.3 is 9.47 Å². The average Bonchev–Trinajstić information content (AvgIpc) is 2.48. The van der Waals surface area contributed by atoms with Crippen molar-refractivity contribution < 1.29 is 27.4 Å². The number of nitrogens with zero attached hydrogens (tertiary/aromatic N) is 1. The molecular formula is C15H11ClF3NO3. The van der Waals surface area contributed by atoms with Crippen LogP contribution in [-0.2, 0) is 16.1 Å². The van der Waals surface area contributed by atoms with E-state index in [1.54, 1.807) is 31.2 Å². The Hall–Kier alpha value is -2.28. The van der Waals surface area contributed by atoms with Crippen molar-refractivity contribution in [3.05, 3.63) is 52.7 Å². The lowest BCUT2D eigenvalue weighted by molar-refractivity contribution is -0.201. The number of halogens is 4. The zero-order valence-electron chi connectivity index (χ0n) is 11.9. The maximum atomic E-state index is 12.1. The predicted molar refractivity (Wildman–Crippen MR) is 76.4 cm³/mol. The molecule has 0 fully saturated rings. The van der Waals surface area contributed by atoms with E-state index in [4.69, 9.17) is 16.3 Å². The van der Waals surface area contributed by atoms with Crippen molar-refractivity contribution in [2.24, 2.45) is 0 Å². The Balaban J connectivity index is 2.05. The van der Waals surface area contributed by atoms with Gasteiger partial charge in [-0.1, -0.05) is 29.8 Å². The lowest BCUT2D eigenvalue weighted by Crippen LogP contribution is -2.25. The predicted octanol–water partition coefficient (Wildman–Crippen LogP) is 4.44. The van der Waals surface area contributed by atoms with Crippen LogP contribution < -0.4 is 4.74 Å². The Bertz CT molecular complexity index is 719. The smallest absolute Gasteiger partial charge is 0.454 e. The number of benzene rings is 1. The summed E-state index contributed by atoms with van der Waals surface area (Å²) in [6.45, 7) is 1.27. The number of aromatic nitrogens is 1. The first-order valence-corrected chi connectivity index (χ1v) is 6.77. The van der Waals surface area contributed by atoms with Gasteiger partial charge in [0, 0.05) is 6.07 Å². The number of carbonyl (C=O) groups is 1. The summed E-state index contributed by atoms with van der Waals surface area (Å²) < 4.78 is 45.9. The summed E-state index contributed by atoms with van der Waals surface area (Å²) in [6, 6.07) is 9.43. The van der Waals surface area contributed by atoms with Gasteiger partial charge in [-0.05, 0) is 30.2 Å². The van der Waals surface area contributed by atoms with Crippen LogP contribution in [0.3, 0.4) is 0 Å².